The highest BCUT2D eigenvalue weighted by molar-refractivity contribution is 7.12. The molecule has 0 aliphatic heterocycles. The molecule has 5 heteroatoms. The topological polar surface area (TPSA) is 66.4 Å². The number of amides is 1. The normalized spacial score (nSPS) is 10.5. The highest BCUT2D eigenvalue weighted by atomic mass is 32.1. The van der Waals surface area contributed by atoms with Crippen molar-refractivity contribution < 1.29 is 14.7 Å². The molecule has 128 valence electrons. The van der Waals surface area contributed by atoms with Gasteiger partial charge in [0.1, 0.15) is 0 Å². The lowest BCUT2D eigenvalue weighted by Gasteiger charge is -2.02. The molecule has 24 heavy (non-hydrogen) atoms. The first kappa shape index (κ1) is 18.2. The summed E-state index contributed by atoms with van der Waals surface area (Å²) < 4.78 is 0. The van der Waals surface area contributed by atoms with Crippen LogP contribution in [0.15, 0.2) is 42.5 Å². The predicted octanol–water partition coefficient (Wildman–Crippen LogP) is 3.45. The molecule has 0 aliphatic carbocycles. The van der Waals surface area contributed by atoms with Gasteiger partial charge in [0, 0.05) is 22.7 Å². The number of carbonyl (C=O) groups is 2. The maximum absolute atomic E-state index is 11.8. The number of nitrogens with one attached hydrogen (secondary N) is 1. The van der Waals surface area contributed by atoms with Gasteiger partial charge in [0.25, 0.3) is 0 Å². The van der Waals surface area contributed by atoms with E-state index in [2.05, 4.69) is 35.6 Å². The summed E-state index contributed by atoms with van der Waals surface area (Å²) in [6.07, 6.45) is 4.13. The molecule has 2 N–H and O–H groups in total. The van der Waals surface area contributed by atoms with Crippen LogP contribution >= 0.6 is 11.3 Å². The Morgan fingerprint density at radius 1 is 0.958 bits per heavy atom. The Balaban J connectivity index is 1.66. The number of hydrogen-bond acceptors (Lipinski definition) is 3. The number of carboxylic acids is 1. The van der Waals surface area contributed by atoms with Crippen LogP contribution in [0.25, 0.3) is 0 Å². The average Bonchev–Trinajstić information content (AvgIpc) is 3.00. The SMILES string of the molecule is O=C(O)CCCNC(=O)Cc1ccc(CCCc2ccccc2)s1. The summed E-state index contributed by atoms with van der Waals surface area (Å²) >= 11 is 1.69. The van der Waals surface area contributed by atoms with Gasteiger partial charge < -0.3 is 10.4 Å². The minimum atomic E-state index is -0.831. The Hall–Kier alpha value is -2.14. The first-order valence-electron chi connectivity index (χ1n) is 8.23. The van der Waals surface area contributed by atoms with E-state index in [1.807, 2.05) is 12.1 Å². The van der Waals surface area contributed by atoms with Crippen LogP contribution in [0.1, 0.15) is 34.6 Å². The average molecular weight is 345 g/mol. The van der Waals surface area contributed by atoms with Gasteiger partial charge in [-0.3, -0.25) is 9.59 Å². The van der Waals surface area contributed by atoms with Crippen LogP contribution in [0.3, 0.4) is 0 Å². The smallest absolute Gasteiger partial charge is 0.303 e. The molecule has 4 nitrogen and oxygen atoms in total. The van der Waals surface area contributed by atoms with Crippen molar-refractivity contribution in [1.29, 1.82) is 0 Å². The van der Waals surface area contributed by atoms with E-state index in [1.54, 1.807) is 11.3 Å². The summed E-state index contributed by atoms with van der Waals surface area (Å²) in [7, 11) is 0. The number of carboxylic acid groups (broad SMARTS) is 1. The largest absolute Gasteiger partial charge is 0.481 e. The highest BCUT2D eigenvalue weighted by Gasteiger charge is 2.07. The number of aryl methyl sites for hydroxylation is 2. The molecule has 0 spiro atoms. The van der Waals surface area contributed by atoms with Crippen molar-refractivity contribution in [3.8, 4) is 0 Å². The van der Waals surface area contributed by atoms with E-state index < -0.39 is 5.97 Å². The van der Waals surface area contributed by atoms with Crippen molar-refractivity contribution in [3.63, 3.8) is 0 Å². The van der Waals surface area contributed by atoms with Crippen molar-refractivity contribution in [2.45, 2.75) is 38.5 Å². The van der Waals surface area contributed by atoms with Crippen molar-refractivity contribution in [3.05, 3.63) is 57.8 Å². The molecule has 0 atom stereocenters. The third kappa shape index (κ3) is 6.96. The quantitative estimate of drug-likeness (QED) is 0.648. The first-order valence-corrected chi connectivity index (χ1v) is 9.05. The molecule has 2 aromatic rings. The second kappa shape index (κ2) is 9.88. The minimum Gasteiger partial charge on any atom is -0.481 e. The van der Waals surface area contributed by atoms with Crippen molar-refractivity contribution in [2.75, 3.05) is 6.54 Å². The summed E-state index contributed by atoms with van der Waals surface area (Å²) in [5.74, 6) is -0.874. The molecule has 1 amide bonds. The Morgan fingerprint density at radius 2 is 1.71 bits per heavy atom. The third-order valence-electron chi connectivity index (χ3n) is 3.67. The third-order valence-corrected chi connectivity index (χ3v) is 4.82. The molecule has 1 heterocycles. The number of carbonyl (C=O) groups excluding carboxylic acids is 1. The summed E-state index contributed by atoms with van der Waals surface area (Å²) in [4.78, 5) is 24.6. The van der Waals surface area contributed by atoms with Crippen molar-refractivity contribution >= 4 is 23.2 Å². The van der Waals surface area contributed by atoms with Gasteiger partial charge in [0.2, 0.25) is 5.91 Å². The monoisotopic (exact) mass is 345 g/mol. The number of benzene rings is 1. The zero-order valence-corrected chi connectivity index (χ0v) is 14.5. The second-order valence-corrected chi connectivity index (χ2v) is 6.98. The molecule has 0 saturated heterocycles. The van der Waals surface area contributed by atoms with E-state index >= 15 is 0 Å². The molecule has 0 saturated carbocycles. The van der Waals surface area contributed by atoms with Crippen LogP contribution in [0.2, 0.25) is 0 Å². The molecule has 0 fully saturated rings. The lowest BCUT2D eigenvalue weighted by Crippen LogP contribution is -2.26. The van der Waals surface area contributed by atoms with E-state index in [9.17, 15) is 9.59 Å². The van der Waals surface area contributed by atoms with Crippen LogP contribution in [-0.4, -0.2) is 23.5 Å². The van der Waals surface area contributed by atoms with Crippen molar-refractivity contribution in [1.82, 2.24) is 5.32 Å². The lowest BCUT2D eigenvalue weighted by atomic mass is 10.1. The van der Waals surface area contributed by atoms with Gasteiger partial charge >= 0.3 is 5.97 Å². The number of aliphatic carboxylic acids is 1. The van der Waals surface area contributed by atoms with E-state index in [1.165, 1.54) is 10.4 Å². The second-order valence-electron chi connectivity index (χ2n) is 5.73. The van der Waals surface area contributed by atoms with E-state index in [4.69, 9.17) is 5.11 Å². The maximum Gasteiger partial charge on any atom is 0.303 e. The van der Waals surface area contributed by atoms with E-state index in [0.717, 1.165) is 24.1 Å². The fourth-order valence-electron chi connectivity index (χ4n) is 2.45. The number of hydrogen-bond donors (Lipinski definition) is 2. The number of rotatable bonds is 10. The zero-order chi connectivity index (χ0) is 17.2. The fourth-order valence-corrected chi connectivity index (χ4v) is 3.51. The molecule has 0 bridgehead atoms. The Kier molecular flexibility index (Phi) is 7.49. The molecule has 2 rings (SSSR count). The molecule has 1 aromatic heterocycles. The van der Waals surface area contributed by atoms with E-state index in [-0.39, 0.29) is 12.3 Å². The van der Waals surface area contributed by atoms with Gasteiger partial charge in [0.15, 0.2) is 0 Å². The predicted molar refractivity (Wildman–Crippen MR) is 96.4 cm³/mol. The molecule has 0 radical (unpaired) electrons. The lowest BCUT2D eigenvalue weighted by molar-refractivity contribution is -0.137. The van der Waals surface area contributed by atoms with Gasteiger partial charge in [-0.2, -0.15) is 0 Å². The van der Waals surface area contributed by atoms with Gasteiger partial charge in [-0.15, -0.1) is 11.3 Å². The summed E-state index contributed by atoms with van der Waals surface area (Å²) in [6, 6.07) is 14.6. The molecular weight excluding hydrogens is 322 g/mol. The van der Waals surface area contributed by atoms with Gasteiger partial charge in [-0.1, -0.05) is 30.3 Å². The summed E-state index contributed by atoms with van der Waals surface area (Å²) in [5.41, 5.74) is 1.36. The Bertz CT molecular complexity index is 652. The minimum absolute atomic E-state index is 0.0434. The maximum atomic E-state index is 11.8. The standard InChI is InChI=1S/C19H23NO3S/c21-18(20-13-5-10-19(22)23)14-17-12-11-16(24-17)9-4-8-15-6-2-1-3-7-15/h1-3,6-7,11-12H,4-5,8-10,13-14H2,(H,20,21)(H,22,23). The van der Waals surface area contributed by atoms with Crippen molar-refractivity contribution in [2.24, 2.45) is 0 Å². The van der Waals surface area contributed by atoms with Gasteiger partial charge in [-0.25, -0.2) is 0 Å². The Morgan fingerprint density at radius 3 is 2.46 bits per heavy atom. The summed E-state index contributed by atoms with van der Waals surface area (Å²) in [5, 5.41) is 11.3. The zero-order valence-electron chi connectivity index (χ0n) is 13.7. The molecular formula is C19H23NO3S. The highest BCUT2D eigenvalue weighted by Crippen LogP contribution is 2.19. The first-order chi connectivity index (χ1) is 11.6. The van der Waals surface area contributed by atoms with Crippen LogP contribution in [-0.2, 0) is 28.9 Å². The molecule has 1 aromatic carbocycles. The van der Waals surface area contributed by atoms with Crippen LogP contribution in [0.4, 0.5) is 0 Å². The van der Waals surface area contributed by atoms with Crippen LogP contribution in [0, 0.1) is 0 Å². The van der Waals surface area contributed by atoms with Gasteiger partial charge in [0.05, 0.1) is 6.42 Å². The number of thiophene rings is 1. The van der Waals surface area contributed by atoms with E-state index in [0.29, 0.717) is 19.4 Å². The summed E-state index contributed by atoms with van der Waals surface area (Å²) in [6.45, 7) is 0.417. The van der Waals surface area contributed by atoms with Gasteiger partial charge in [-0.05, 0) is 43.4 Å². The fraction of sp³-hybridized carbons (Fsp3) is 0.368. The van der Waals surface area contributed by atoms with Crippen LogP contribution in [0.5, 0.6) is 0 Å². The molecule has 0 aliphatic rings. The van der Waals surface area contributed by atoms with Crippen LogP contribution < -0.4 is 5.32 Å². The Labute approximate surface area is 146 Å². The molecule has 0 unspecified atom stereocenters.